The molecule has 2 heterocycles. The molecule has 0 unspecified atom stereocenters. The van der Waals surface area contributed by atoms with Crippen LogP contribution in [0.15, 0.2) is 29.6 Å². The lowest BCUT2D eigenvalue weighted by Gasteiger charge is -2.33. The summed E-state index contributed by atoms with van der Waals surface area (Å²) in [5.74, 6) is 1.72. The number of methoxy groups -OCH3 is 2. The molecule has 5 heteroatoms. The van der Waals surface area contributed by atoms with Gasteiger partial charge in [-0.25, -0.2) is 0 Å². The summed E-state index contributed by atoms with van der Waals surface area (Å²) in [4.78, 5) is 16.1. The van der Waals surface area contributed by atoms with Gasteiger partial charge in [0, 0.05) is 23.9 Å². The third kappa shape index (κ3) is 3.41. The van der Waals surface area contributed by atoms with Crippen LogP contribution in [0.3, 0.4) is 0 Å². The zero-order valence-corrected chi connectivity index (χ0v) is 15.2. The highest BCUT2D eigenvalue weighted by atomic mass is 32.1. The summed E-state index contributed by atoms with van der Waals surface area (Å²) in [6.07, 6.45) is 2.16. The molecular formula is C19H23NO3S. The van der Waals surface area contributed by atoms with Gasteiger partial charge < -0.3 is 14.4 Å². The maximum Gasteiger partial charge on any atom is 0.223 e. The van der Waals surface area contributed by atoms with Crippen LogP contribution < -0.4 is 9.47 Å². The summed E-state index contributed by atoms with van der Waals surface area (Å²) < 4.78 is 10.6. The van der Waals surface area contributed by atoms with Crippen molar-refractivity contribution < 1.29 is 14.3 Å². The van der Waals surface area contributed by atoms with Gasteiger partial charge in [-0.2, -0.15) is 0 Å². The number of hydrogen-bond donors (Lipinski definition) is 0. The van der Waals surface area contributed by atoms with Crippen molar-refractivity contribution in [1.29, 1.82) is 0 Å². The Balaban J connectivity index is 1.66. The average Bonchev–Trinajstić information content (AvgIpc) is 3.09. The van der Waals surface area contributed by atoms with E-state index in [0.29, 0.717) is 12.8 Å². The fraction of sp³-hybridized carbons (Fsp3) is 0.421. The summed E-state index contributed by atoms with van der Waals surface area (Å²) in [6, 6.07) is 8.10. The van der Waals surface area contributed by atoms with Crippen LogP contribution in [-0.2, 0) is 17.6 Å². The molecule has 1 amide bonds. The quantitative estimate of drug-likeness (QED) is 0.826. The third-order valence-electron chi connectivity index (χ3n) is 4.64. The fourth-order valence-corrected chi connectivity index (χ4v) is 4.22. The fourth-order valence-electron chi connectivity index (χ4n) is 3.26. The molecule has 128 valence electrons. The molecule has 24 heavy (non-hydrogen) atoms. The predicted octanol–water partition coefficient (Wildman–Crippen LogP) is 3.84. The van der Waals surface area contributed by atoms with Crippen molar-refractivity contribution in [2.24, 2.45) is 0 Å². The normalized spacial score (nSPS) is 16.6. The molecule has 0 saturated heterocycles. The van der Waals surface area contributed by atoms with Crippen molar-refractivity contribution in [2.45, 2.75) is 32.2 Å². The van der Waals surface area contributed by atoms with Crippen molar-refractivity contribution in [3.8, 4) is 11.5 Å². The molecule has 0 bridgehead atoms. The van der Waals surface area contributed by atoms with Crippen molar-refractivity contribution in [1.82, 2.24) is 4.90 Å². The number of amides is 1. The number of rotatable bonds is 5. The van der Waals surface area contributed by atoms with Crippen LogP contribution >= 0.6 is 11.3 Å². The Labute approximate surface area is 147 Å². The number of thiophene rings is 1. The highest BCUT2D eigenvalue weighted by Gasteiger charge is 2.27. The Morgan fingerprint density at radius 2 is 1.96 bits per heavy atom. The van der Waals surface area contributed by atoms with Crippen LogP contribution in [0.2, 0.25) is 0 Å². The van der Waals surface area contributed by atoms with E-state index < -0.39 is 0 Å². The second kappa shape index (κ2) is 7.26. The monoisotopic (exact) mass is 345 g/mol. The van der Waals surface area contributed by atoms with E-state index in [1.807, 2.05) is 23.1 Å². The van der Waals surface area contributed by atoms with Crippen LogP contribution in [0.1, 0.15) is 35.4 Å². The number of carbonyl (C=O) groups is 1. The first-order valence-corrected chi connectivity index (χ1v) is 9.08. The average molecular weight is 345 g/mol. The smallest absolute Gasteiger partial charge is 0.223 e. The topological polar surface area (TPSA) is 38.8 Å². The molecule has 1 aliphatic heterocycles. The SMILES string of the molecule is COc1cc(CCC(=O)N2CCc3sccc3[C@H]2C)cc(OC)c1. The Morgan fingerprint density at radius 1 is 1.25 bits per heavy atom. The Hall–Kier alpha value is -2.01. The largest absolute Gasteiger partial charge is 0.497 e. The molecule has 1 aromatic heterocycles. The van der Waals surface area contributed by atoms with Gasteiger partial charge in [-0.1, -0.05) is 0 Å². The standard InChI is InChI=1S/C19H23NO3S/c1-13-17-7-9-24-18(17)6-8-20(13)19(21)5-4-14-10-15(22-2)12-16(11-14)23-3/h7,9-13H,4-6,8H2,1-3H3/t13-/m1/s1. The van der Waals surface area contributed by atoms with Crippen molar-refractivity contribution in [2.75, 3.05) is 20.8 Å². The van der Waals surface area contributed by atoms with Gasteiger partial charge >= 0.3 is 0 Å². The highest BCUT2D eigenvalue weighted by Crippen LogP contribution is 2.33. The maximum absolute atomic E-state index is 12.7. The number of nitrogens with zero attached hydrogens (tertiary/aromatic N) is 1. The molecule has 0 saturated carbocycles. The molecule has 0 spiro atoms. The molecule has 0 aliphatic carbocycles. The van der Waals surface area contributed by atoms with Gasteiger partial charge in [0.05, 0.1) is 20.3 Å². The minimum atomic E-state index is 0.173. The number of aryl methyl sites for hydroxylation is 1. The van der Waals surface area contributed by atoms with Crippen molar-refractivity contribution >= 4 is 17.2 Å². The molecule has 0 fully saturated rings. The van der Waals surface area contributed by atoms with Gasteiger partial charge in [0.15, 0.2) is 0 Å². The Bertz CT molecular complexity index is 703. The number of carbonyl (C=O) groups excluding carboxylic acids is 1. The van der Waals surface area contributed by atoms with Crippen LogP contribution in [-0.4, -0.2) is 31.6 Å². The number of benzene rings is 1. The van der Waals surface area contributed by atoms with E-state index >= 15 is 0 Å². The van der Waals surface area contributed by atoms with Crippen molar-refractivity contribution in [3.63, 3.8) is 0 Å². The predicted molar refractivity (Wildman–Crippen MR) is 96.0 cm³/mol. The minimum Gasteiger partial charge on any atom is -0.497 e. The first-order chi connectivity index (χ1) is 11.6. The molecule has 1 atom stereocenters. The van der Waals surface area contributed by atoms with Gasteiger partial charge in [0.1, 0.15) is 11.5 Å². The summed E-state index contributed by atoms with van der Waals surface area (Å²) in [7, 11) is 3.27. The Morgan fingerprint density at radius 3 is 2.62 bits per heavy atom. The van der Waals surface area contributed by atoms with Crippen LogP contribution in [0.4, 0.5) is 0 Å². The van der Waals surface area contributed by atoms with E-state index in [0.717, 1.165) is 30.0 Å². The minimum absolute atomic E-state index is 0.173. The zero-order valence-electron chi connectivity index (χ0n) is 14.4. The summed E-state index contributed by atoms with van der Waals surface area (Å²) >= 11 is 1.80. The molecule has 4 nitrogen and oxygen atoms in total. The lowest BCUT2D eigenvalue weighted by Crippen LogP contribution is -2.38. The van der Waals surface area contributed by atoms with E-state index in [9.17, 15) is 4.79 Å². The summed E-state index contributed by atoms with van der Waals surface area (Å²) in [5, 5.41) is 2.12. The second-order valence-corrected chi connectivity index (χ2v) is 7.03. The lowest BCUT2D eigenvalue weighted by molar-refractivity contribution is -0.133. The molecule has 3 rings (SSSR count). The van der Waals surface area contributed by atoms with Crippen LogP contribution in [0, 0.1) is 0 Å². The maximum atomic E-state index is 12.7. The lowest BCUT2D eigenvalue weighted by atomic mass is 10.0. The second-order valence-electron chi connectivity index (χ2n) is 6.03. The van der Waals surface area contributed by atoms with Crippen LogP contribution in [0.25, 0.3) is 0 Å². The third-order valence-corrected chi connectivity index (χ3v) is 5.63. The molecule has 0 radical (unpaired) electrons. The number of fused-ring (bicyclic) bond motifs is 1. The number of ether oxygens (including phenoxy) is 2. The van der Waals surface area contributed by atoms with E-state index in [-0.39, 0.29) is 11.9 Å². The Kier molecular flexibility index (Phi) is 5.09. The van der Waals surface area contributed by atoms with E-state index in [1.54, 1.807) is 25.6 Å². The van der Waals surface area contributed by atoms with Crippen LogP contribution in [0.5, 0.6) is 11.5 Å². The molecule has 2 aromatic rings. The van der Waals surface area contributed by atoms with E-state index in [1.165, 1.54) is 10.4 Å². The molecular weight excluding hydrogens is 322 g/mol. The van der Waals surface area contributed by atoms with E-state index in [4.69, 9.17) is 9.47 Å². The zero-order chi connectivity index (χ0) is 17.1. The van der Waals surface area contributed by atoms with E-state index in [2.05, 4.69) is 18.4 Å². The van der Waals surface area contributed by atoms with Crippen molar-refractivity contribution in [3.05, 3.63) is 45.6 Å². The summed E-state index contributed by atoms with van der Waals surface area (Å²) in [6.45, 7) is 2.94. The highest BCUT2D eigenvalue weighted by molar-refractivity contribution is 7.10. The molecule has 1 aliphatic rings. The summed E-state index contributed by atoms with van der Waals surface area (Å²) in [5.41, 5.74) is 2.36. The van der Waals surface area contributed by atoms with Gasteiger partial charge in [-0.3, -0.25) is 4.79 Å². The van der Waals surface area contributed by atoms with Gasteiger partial charge in [-0.05, 0) is 54.5 Å². The van der Waals surface area contributed by atoms with Gasteiger partial charge in [0.25, 0.3) is 0 Å². The first kappa shape index (κ1) is 16.8. The first-order valence-electron chi connectivity index (χ1n) is 8.20. The van der Waals surface area contributed by atoms with Gasteiger partial charge in [-0.15, -0.1) is 11.3 Å². The molecule has 1 aromatic carbocycles. The number of hydrogen-bond acceptors (Lipinski definition) is 4. The molecule has 0 N–H and O–H groups in total. The van der Waals surface area contributed by atoms with Gasteiger partial charge in [0.2, 0.25) is 5.91 Å².